The maximum absolute atomic E-state index is 12.5. The molecule has 0 amide bonds. The standard InChI is InChI=1S/C13H15ClN2O3S2/c1-9-12(20-13(14)15-9)21(17,18)16(2)8-10-4-6-11(19-3)7-5-10/h4-7H,8H2,1-3H3. The Morgan fingerprint density at radius 1 is 1.33 bits per heavy atom. The number of benzene rings is 1. The molecule has 0 radical (unpaired) electrons. The van der Waals surface area contributed by atoms with Crippen molar-refractivity contribution in [1.29, 1.82) is 0 Å². The number of thiazole rings is 1. The highest BCUT2D eigenvalue weighted by atomic mass is 35.5. The van der Waals surface area contributed by atoms with Crippen molar-refractivity contribution in [2.45, 2.75) is 17.7 Å². The number of rotatable bonds is 5. The van der Waals surface area contributed by atoms with Crippen LogP contribution in [0, 0.1) is 6.92 Å². The number of hydrogen-bond acceptors (Lipinski definition) is 5. The van der Waals surface area contributed by atoms with Gasteiger partial charge in [-0.3, -0.25) is 0 Å². The highest BCUT2D eigenvalue weighted by Gasteiger charge is 2.26. The van der Waals surface area contributed by atoms with Gasteiger partial charge >= 0.3 is 0 Å². The van der Waals surface area contributed by atoms with Crippen molar-refractivity contribution in [2.75, 3.05) is 14.2 Å². The molecule has 114 valence electrons. The van der Waals surface area contributed by atoms with E-state index in [0.29, 0.717) is 5.69 Å². The summed E-state index contributed by atoms with van der Waals surface area (Å²) in [7, 11) is -0.469. The fourth-order valence-corrected chi connectivity index (χ4v) is 4.89. The Morgan fingerprint density at radius 3 is 2.43 bits per heavy atom. The van der Waals surface area contributed by atoms with Gasteiger partial charge in [0.05, 0.1) is 12.8 Å². The Labute approximate surface area is 133 Å². The Hall–Kier alpha value is -1.15. The maximum atomic E-state index is 12.5. The van der Waals surface area contributed by atoms with Gasteiger partial charge in [-0.15, -0.1) is 0 Å². The highest BCUT2D eigenvalue weighted by molar-refractivity contribution is 7.91. The van der Waals surface area contributed by atoms with Gasteiger partial charge in [-0.05, 0) is 24.6 Å². The number of halogens is 1. The van der Waals surface area contributed by atoms with E-state index >= 15 is 0 Å². The molecule has 2 aromatic rings. The molecule has 8 heteroatoms. The van der Waals surface area contributed by atoms with Crippen LogP contribution in [0.25, 0.3) is 0 Å². The number of aryl methyl sites for hydroxylation is 1. The first-order valence-corrected chi connectivity index (χ1v) is 8.70. The average molecular weight is 347 g/mol. The first-order chi connectivity index (χ1) is 9.84. The van der Waals surface area contributed by atoms with Crippen LogP contribution in [0.1, 0.15) is 11.3 Å². The molecule has 0 saturated heterocycles. The molecule has 0 bridgehead atoms. The third-order valence-corrected chi connectivity index (χ3v) is 6.59. The first-order valence-electron chi connectivity index (χ1n) is 6.07. The molecule has 0 aliphatic heterocycles. The Kier molecular flexibility index (Phi) is 4.88. The molecule has 1 aromatic carbocycles. The van der Waals surface area contributed by atoms with Gasteiger partial charge in [-0.25, -0.2) is 13.4 Å². The lowest BCUT2D eigenvalue weighted by Gasteiger charge is -2.16. The van der Waals surface area contributed by atoms with E-state index in [0.717, 1.165) is 22.6 Å². The second-order valence-corrected chi connectivity index (χ2v) is 8.27. The second kappa shape index (κ2) is 6.31. The third-order valence-electron chi connectivity index (χ3n) is 2.94. The number of hydrogen-bond donors (Lipinski definition) is 0. The van der Waals surface area contributed by atoms with Crippen molar-refractivity contribution >= 4 is 33.0 Å². The molecule has 0 aliphatic rings. The molecular weight excluding hydrogens is 332 g/mol. The van der Waals surface area contributed by atoms with Crippen molar-refractivity contribution in [2.24, 2.45) is 0 Å². The summed E-state index contributed by atoms with van der Waals surface area (Å²) in [6, 6.07) is 7.25. The van der Waals surface area contributed by atoms with Gasteiger partial charge in [-0.1, -0.05) is 35.1 Å². The van der Waals surface area contributed by atoms with E-state index in [1.54, 1.807) is 26.2 Å². The minimum absolute atomic E-state index is 0.184. The molecule has 0 saturated carbocycles. The minimum atomic E-state index is -3.59. The van der Waals surface area contributed by atoms with Gasteiger partial charge in [0.15, 0.2) is 8.68 Å². The Bertz CT molecular complexity index is 726. The van der Waals surface area contributed by atoms with E-state index < -0.39 is 10.0 Å². The summed E-state index contributed by atoms with van der Waals surface area (Å²) < 4.78 is 31.8. The lowest BCUT2D eigenvalue weighted by atomic mass is 10.2. The lowest BCUT2D eigenvalue weighted by Crippen LogP contribution is -2.26. The molecule has 5 nitrogen and oxygen atoms in total. The largest absolute Gasteiger partial charge is 0.497 e. The van der Waals surface area contributed by atoms with Crippen LogP contribution < -0.4 is 4.74 Å². The van der Waals surface area contributed by atoms with Crippen molar-refractivity contribution in [3.05, 3.63) is 40.0 Å². The van der Waals surface area contributed by atoms with Crippen LogP contribution in [-0.4, -0.2) is 31.9 Å². The van der Waals surface area contributed by atoms with Gasteiger partial charge in [-0.2, -0.15) is 4.31 Å². The molecular formula is C13H15ClN2O3S2. The number of sulfonamides is 1. The fourth-order valence-electron chi connectivity index (χ4n) is 1.80. The highest BCUT2D eigenvalue weighted by Crippen LogP contribution is 2.29. The fraction of sp³-hybridized carbons (Fsp3) is 0.308. The van der Waals surface area contributed by atoms with Crippen LogP contribution in [0.5, 0.6) is 5.75 Å². The summed E-state index contributed by atoms with van der Waals surface area (Å²) in [5, 5.41) is 0. The average Bonchev–Trinajstić information content (AvgIpc) is 2.79. The SMILES string of the molecule is COc1ccc(CN(C)S(=O)(=O)c2sc(Cl)nc2C)cc1. The van der Waals surface area contributed by atoms with Gasteiger partial charge in [0.2, 0.25) is 0 Å². The van der Waals surface area contributed by atoms with E-state index in [1.165, 1.54) is 11.4 Å². The van der Waals surface area contributed by atoms with Gasteiger partial charge < -0.3 is 4.74 Å². The Balaban J connectivity index is 2.22. The Morgan fingerprint density at radius 2 is 1.95 bits per heavy atom. The minimum Gasteiger partial charge on any atom is -0.497 e. The zero-order valence-corrected chi connectivity index (χ0v) is 14.2. The summed E-state index contributed by atoms with van der Waals surface area (Å²) in [6.07, 6.45) is 0. The van der Waals surface area contributed by atoms with Crippen molar-refractivity contribution in [3.8, 4) is 5.75 Å². The van der Waals surface area contributed by atoms with Crippen LogP contribution in [0.3, 0.4) is 0 Å². The van der Waals surface area contributed by atoms with Gasteiger partial charge in [0.25, 0.3) is 10.0 Å². The maximum Gasteiger partial charge on any atom is 0.254 e. The monoisotopic (exact) mass is 346 g/mol. The molecule has 2 rings (SSSR count). The number of ether oxygens (including phenoxy) is 1. The van der Waals surface area contributed by atoms with Crippen molar-refractivity contribution in [1.82, 2.24) is 9.29 Å². The van der Waals surface area contributed by atoms with Crippen LogP contribution in [0.15, 0.2) is 28.5 Å². The molecule has 0 fully saturated rings. The molecule has 0 spiro atoms. The predicted molar refractivity (Wildman–Crippen MR) is 83.5 cm³/mol. The molecule has 0 atom stereocenters. The molecule has 0 unspecified atom stereocenters. The van der Waals surface area contributed by atoms with E-state index in [9.17, 15) is 8.42 Å². The van der Waals surface area contributed by atoms with E-state index in [-0.39, 0.29) is 15.2 Å². The van der Waals surface area contributed by atoms with Crippen molar-refractivity contribution < 1.29 is 13.2 Å². The number of methoxy groups -OCH3 is 1. The predicted octanol–water partition coefficient (Wildman–Crippen LogP) is 2.93. The van der Waals surface area contributed by atoms with E-state index in [4.69, 9.17) is 16.3 Å². The van der Waals surface area contributed by atoms with E-state index in [2.05, 4.69) is 4.98 Å². The third kappa shape index (κ3) is 3.55. The number of nitrogens with zero attached hydrogens (tertiary/aromatic N) is 2. The summed E-state index contributed by atoms with van der Waals surface area (Å²) in [6.45, 7) is 1.90. The van der Waals surface area contributed by atoms with Crippen LogP contribution in [0.2, 0.25) is 4.47 Å². The summed E-state index contributed by atoms with van der Waals surface area (Å²) >= 11 is 6.75. The van der Waals surface area contributed by atoms with Crippen LogP contribution in [-0.2, 0) is 16.6 Å². The second-order valence-electron chi connectivity index (χ2n) is 4.45. The molecule has 1 heterocycles. The zero-order chi connectivity index (χ0) is 15.6. The summed E-state index contributed by atoms with van der Waals surface area (Å²) in [5.41, 5.74) is 1.29. The first kappa shape index (κ1) is 16.2. The smallest absolute Gasteiger partial charge is 0.254 e. The van der Waals surface area contributed by atoms with Crippen LogP contribution in [0.4, 0.5) is 0 Å². The normalized spacial score (nSPS) is 11.9. The quantitative estimate of drug-likeness (QED) is 0.835. The lowest BCUT2D eigenvalue weighted by molar-refractivity contribution is 0.414. The van der Waals surface area contributed by atoms with E-state index in [1.807, 2.05) is 12.1 Å². The molecule has 0 aliphatic carbocycles. The topological polar surface area (TPSA) is 59.5 Å². The molecule has 21 heavy (non-hydrogen) atoms. The molecule has 0 N–H and O–H groups in total. The summed E-state index contributed by atoms with van der Waals surface area (Å²) in [5.74, 6) is 0.731. The van der Waals surface area contributed by atoms with Gasteiger partial charge in [0.1, 0.15) is 5.75 Å². The summed E-state index contributed by atoms with van der Waals surface area (Å²) in [4.78, 5) is 3.95. The van der Waals surface area contributed by atoms with Gasteiger partial charge in [0, 0.05) is 13.6 Å². The van der Waals surface area contributed by atoms with Crippen molar-refractivity contribution in [3.63, 3.8) is 0 Å². The van der Waals surface area contributed by atoms with Crippen LogP contribution >= 0.6 is 22.9 Å². The molecule has 1 aromatic heterocycles. The number of aromatic nitrogens is 1. The zero-order valence-electron chi connectivity index (χ0n) is 11.8.